The van der Waals surface area contributed by atoms with Crippen molar-refractivity contribution in [1.82, 2.24) is 10.2 Å². The zero-order chi connectivity index (χ0) is 21.0. The Morgan fingerprint density at radius 2 is 2.07 bits per heavy atom. The first-order valence-electron chi connectivity index (χ1n) is 8.58. The van der Waals surface area contributed by atoms with Crippen LogP contribution in [0.3, 0.4) is 0 Å². The molecule has 0 spiro atoms. The number of amides is 1. The largest absolute Gasteiger partial charge is 0.495 e. The van der Waals surface area contributed by atoms with E-state index in [1.165, 1.54) is 25.3 Å². The Morgan fingerprint density at radius 1 is 1.28 bits per heavy atom. The first kappa shape index (κ1) is 20.3. The second kappa shape index (κ2) is 8.74. The number of non-ortho nitro benzene ring substituents is 1. The second-order valence-corrected chi connectivity index (χ2v) is 7.43. The molecule has 10 heteroatoms. The number of aryl methyl sites for hydroxylation is 1. The van der Waals surface area contributed by atoms with Gasteiger partial charge in [0.1, 0.15) is 5.75 Å². The smallest absolute Gasteiger partial charge is 0.277 e. The van der Waals surface area contributed by atoms with Crippen LogP contribution in [-0.4, -0.2) is 33.4 Å². The van der Waals surface area contributed by atoms with Gasteiger partial charge in [0.05, 0.1) is 23.0 Å². The number of nitrogens with zero attached hydrogens (tertiary/aromatic N) is 3. The first-order chi connectivity index (χ1) is 13.9. The van der Waals surface area contributed by atoms with Crippen molar-refractivity contribution in [3.63, 3.8) is 0 Å². The molecule has 3 rings (SSSR count). The number of methoxy groups -OCH3 is 1. The molecule has 150 valence electrons. The fraction of sp³-hybridized carbons (Fsp3) is 0.211. The van der Waals surface area contributed by atoms with Crippen LogP contribution in [0.4, 0.5) is 11.4 Å². The minimum Gasteiger partial charge on any atom is -0.495 e. The summed E-state index contributed by atoms with van der Waals surface area (Å²) < 4.78 is 10.8. The third-order valence-electron chi connectivity index (χ3n) is 3.97. The van der Waals surface area contributed by atoms with Gasteiger partial charge in [-0.05, 0) is 37.6 Å². The molecule has 3 aromatic rings. The number of nitro groups is 1. The highest BCUT2D eigenvalue weighted by Gasteiger charge is 2.20. The van der Waals surface area contributed by atoms with Crippen LogP contribution in [0.5, 0.6) is 5.75 Å². The van der Waals surface area contributed by atoms with Crippen LogP contribution >= 0.6 is 11.8 Å². The lowest BCUT2D eigenvalue weighted by Crippen LogP contribution is -2.22. The molecule has 0 aliphatic carbocycles. The van der Waals surface area contributed by atoms with Crippen LogP contribution in [0.2, 0.25) is 0 Å². The third-order valence-corrected chi connectivity index (χ3v) is 4.90. The van der Waals surface area contributed by atoms with Gasteiger partial charge < -0.3 is 14.5 Å². The van der Waals surface area contributed by atoms with Crippen molar-refractivity contribution in [3.05, 3.63) is 58.1 Å². The SMILES string of the molecule is COc1ccc(C)cc1NC(=O)[C@@H](C)Sc1nnc(-c2cccc([N+](=O)[O-])c2)o1. The van der Waals surface area contributed by atoms with Crippen molar-refractivity contribution in [2.24, 2.45) is 0 Å². The average molecular weight is 414 g/mol. The van der Waals surface area contributed by atoms with E-state index in [9.17, 15) is 14.9 Å². The van der Waals surface area contributed by atoms with E-state index in [1.54, 1.807) is 19.1 Å². The Balaban J connectivity index is 1.69. The molecule has 1 aromatic heterocycles. The Labute approximate surface area is 170 Å². The molecule has 0 fully saturated rings. The van der Waals surface area contributed by atoms with Crippen LogP contribution in [0.1, 0.15) is 12.5 Å². The highest BCUT2D eigenvalue weighted by Crippen LogP contribution is 2.30. The first-order valence-corrected chi connectivity index (χ1v) is 9.46. The fourth-order valence-electron chi connectivity index (χ4n) is 2.49. The third kappa shape index (κ3) is 4.91. The molecule has 0 bridgehead atoms. The van der Waals surface area contributed by atoms with E-state index in [0.29, 0.717) is 17.0 Å². The van der Waals surface area contributed by atoms with Gasteiger partial charge in [0.15, 0.2) is 0 Å². The number of hydrogen-bond donors (Lipinski definition) is 1. The zero-order valence-electron chi connectivity index (χ0n) is 15.9. The van der Waals surface area contributed by atoms with E-state index < -0.39 is 10.2 Å². The predicted octanol–water partition coefficient (Wildman–Crippen LogP) is 4.08. The summed E-state index contributed by atoms with van der Waals surface area (Å²) in [6, 6.07) is 11.4. The Morgan fingerprint density at radius 3 is 2.79 bits per heavy atom. The molecule has 2 aromatic carbocycles. The highest BCUT2D eigenvalue weighted by molar-refractivity contribution is 8.00. The number of hydrogen-bond acceptors (Lipinski definition) is 8. The summed E-state index contributed by atoms with van der Waals surface area (Å²) in [5.74, 6) is 0.449. The van der Waals surface area contributed by atoms with Gasteiger partial charge in [-0.1, -0.05) is 23.9 Å². The molecular formula is C19H18N4O5S. The highest BCUT2D eigenvalue weighted by atomic mass is 32.2. The van der Waals surface area contributed by atoms with E-state index >= 15 is 0 Å². The summed E-state index contributed by atoms with van der Waals surface area (Å²) in [4.78, 5) is 23.0. The van der Waals surface area contributed by atoms with Crippen molar-refractivity contribution in [3.8, 4) is 17.2 Å². The topological polar surface area (TPSA) is 120 Å². The number of anilines is 1. The number of nitrogens with one attached hydrogen (secondary N) is 1. The van der Waals surface area contributed by atoms with Crippen LogP contribution < -0.4 is 10.1 Å². The molecule has 0 unspecified atom stereocenters. The predicted molar refractivity (Wildman–Crippen MR) is 108 cm³/mol. The molecular weight excluding hydrogens is 396 g/mol. The van der Waals surface area contributed by atoms with Crippen molar-refractivity contribution in [2.75, 3.05) is 12.4 Å². The molecule has 1 heterocycles. The molecule has 0 saturated carbocycles. The van der Waals surface area contributed by atoms with Gasteiger partial charge in [0, 0.05) is 17.7 Å². The van der Waals surface area contributed by atoms with Crippen LogP contribution in [0.15, 0.2) is 52.1 Å². The lowest BCUT2D eigenvalue weighted by Gasteiger charge is -2.13. The monoisotopic (exact) mass is 414 g/mol. The maximum absolute atomic E-state index is 12.5. The maximum atomic E-state index is 12.5. The van der Waals surface area contributed by atoms with Gasteiger partial charge in [-0.2, -0.15) is 0 Å². The molecule has 1 atom stereocenters. The average Bonchev–Trinajstić information content (AvgIpc) is 3.16. The molecule has 0 saturated heterocycles. The van der Waals surface area contributed by atoms with Gasteiger partial charge in [-0.15, -0.1) is 10.2 Å². The number of benzene rings is 2. The number of rotatable bonds is 7. The van der Waals surface area contributed by atoms with Gasteiger partial charge in [0.25, 0.3) is 10.9 Å². The maximum Gasteiger partial charge on any atom is 0.277 e. The van der Waals surface area contributed by atoms with Gasteiger partial charge >= 0.3 is 0 Å². The lowest BCUT2D eigenvalue weighted by atomic mass is 10.2. The van der Waals surface area contributed by atoms with E-state index in [0.717, 1.165) is 17.3 Å². The minimum atomic E-state index is -0.529. The summed E-state index contributed by atoms with van der Waals surface area (Å²) in [5, 5.41) is 21.2. The van der Waals surface area contributed by atoms with E-state index in [2.05, 4.69) is 15.5 Å². The Kier molecular flexibility index (Phi) is 6.13. The number of carbonyl (C=O) groups excluding carboxylic acids is 1. The number of aromatic nitrogens is 2. The Hall–Kier alpha value is -3.40. The molecule has 1 amide bonds. The van der Waals surface area contributed by atoms with Crippen LogP contribution in [0.25, 0.3) is 11.5 Å². The molecule has 0 aliphatic heterocycles. The number of nitro benzene ring substituents is 1. The van der Waals surface area contributed by atoms with Gasteiger partial charge in [0.2, 0.25) is 11.8 Å². The van der Waals surface area contributed by atoms with E-state index in [4.69, 9.17) is 9.15 Å². The van der Waals surface area contributed by atoms with E-state index in [1.807, 2.05) is 19.1 Å². The van der Waals surface area contributed by atoms with Crippen molar-refractivity contribution in [1.29, 1.82) is 0 Å². The molecule has 0 aliphatic rings. The van der Waals surface area contributed by atoms with E-state index in [-0.39, 0.29) is 22.7 Å². The Bertz CT molecular complexity index is 1050. The van der Waals surface area contributed by atoms with Gasteiger partial charge in [-0.3, -0.25) is 14.9 Å². The number of carbonyl (C=O) groups is 1. The summed E-state index contributed by atoms with van der Waals surface area (Å²) >= 11 is 1.09. The normalized spacial score (nSPS) is 11.7. The van der Waals surface area contributed by atoms with Gasteiger partial charge in [-0.25, -0.2) is 0 Å². The molecule has 29 heavy (non-hydrogen) atoms. The van der Waals surface area contributed by atoms with Crippen molar-refractivity contribution in [2.45, 2.75) is 24.3 Å². The lowest BCUT2D eigenvalue weighted by molar-refractivity contribution is -0.384. The fourth-order valence-corrected chi connectivity index (χ4v) is 3.17. The van der Waals surface area contributed by atoms with Crippen LogP contribution in [0, 0.1) is 17.0 Å². The molecule has 0 radical (unpaired) electrons. The number of thioether (sulfide) groups is 1. The van der Waals surface area contributed by atoms with Crippen molar-refractivity contribution < 1.29 is 18.9 Å². The second-order valence-electron chi connectivity index (χ2n) is 6.13. The molecule has 1 N–H and O–H groups in total. The zero-order valence-corrected chi connectivity index (χ0v) is 16.7. The standard InChI is InChI=1S/C19H18N4O5S/c1-11-7-8-16(27-3)15(9-11)20-17(24)12(2)29-19-22-21-18(28-19)13-5-4-6-14(10-13)23(25)26/h4-10,12H,1-3H3,(H,20,24)/t12-/m1/s1. The summed E-state index contributed by atoms with van der Waals surface area (Å²) in [5.41, 5.74) is 1.92. The summed E-state index contributed by atoms with van der Waals surface area (Å²) in [6.07, 6.45) is 0. The summed E-state index contributed by atoms with van der Waals surface area (Å²) in [7, 11) is 1.53. The number of ether oxygens (including phenoxy) is 1. The minimum absolute atomic E-state index is 0.0743. The van der Waals surface area contributed by atoms with Crippen molar-refractivity contribution >= 4 is 29.0 Å². The quantitative estimate of drug-likeness (QED) is 0.349. The van der Waals surface area contributed by atoms with Crippen LogP contribution in [-0.2, 0) is 4.79 Å². The summed E-state index contributed by atoms with van der Waals surface area (Å²) in [6.45, 7) is 3.63. The molecule has 9 nitrogen and oxygen atoms in total.